The van der Waals surface area contributed by atoms with Crippen LogP contribution in [0, 0.1) is 0 Å². The van der Waals surface area contributed by atoms with Gasteiger partial charge < -0.3 is 9.67 Å². The van der Waals surface area contributed by atoms with E-state index in [1.54, 1.807) is 23.5 Å². The number of nitrogens with zero attached hydrogens (tertiary/aromatic N) is 3. The molecule has 3 rings (SSSR count). The monoisotopic (exact) mass is 439 g/mol. The Morgan fingerprint density at radius 2 is 2.00 bits per heavy atom. The maximum atomic E-state index is 9.98. The molecule has 1 heterocycles. The van der Waals surface area contributed by atoms with Crippen LogP contribution in [0.1, 0.15) is 5.56 Å². The molecule has 0 atom stereocenters. The Morgan fingerprint density at radius 3 is 2.77 bits per heavy atom. The lowest BCUT2D eigenvalue weighted by Gasteiger charge is -2.01. The van der Waals surface area contributed by atoms with Gasteiger partial charge in [0.2, 0.25) is 4.80 Å². The second-order valence-electron chi connectivity index (χ2n) is 4.58. The summed E-state index contributed by atoms with van der Waals surface area (Å²) in [4.78, 5) is 0.797. The average molecular weight is 441 g/mol. The number of aromatic nitrogens is 1. The smallest absolute Gasteiger partial charge is 0.211 e. The van der Waals surface area contributed by atoms with E-state index in [1.165, 1.54) is 6.21 Å². The summed E-state index contributed by atoms with van der Waals surface area (Å²) in [7, 11) is 1.96. The molecule has 0 saturated heterocycles. The third-order valence-electron chi connectivity index (χ3n) is 3.11. The van der Waals surface area contributed by atoms with Crippen molar-refractivity contribution in [1.82, 2.24) is 4.57 Å². The predicted octanol–water partition coefficient (Wildman–Crippen LogP) is 4.41. The first-order chi connectivity index (χ1) is 10.6. The highest BCUT2D eigenvalue weighted by Crippen LogP contribution is 2.30. The number of halogens is 2. The Hall–Kier alpha value is -1.44. The lowest BCUT2D eigenvalue weighted by Crippen LogP contribution is -2.08. The molecule has 0 aliphatic rings. The molecule has 0 aliphatic heterocycles. The Labute approximate surface area is 147 Å². The molecule has 0 radical (unpaired) electrons. The zero-order valence-corrected chi connectivity index (χ0v) is 15.5. The average Bonchev–Trinajstić information content (AvgIpc) is 2.81. The van der Waals surface area contributed by atoms with Crippen LogP contribution >= 0.6 is 43.2 Å². The molecule has 1 N–H and O–H groups in total. The highest BCUT2D eigenvalue weighted by molar-refractivity contribution is 9.11. The number of thiazole rings is 1. The fourth-order valence-corrected chi connectivity index (χ4v) is 4.24. The summed E-state index contributed by atoms with van der Waals surface area (Å²) < 4.78 is 4.61. The van der Waals surface area contributed by atoms with Crippen LogP contribution in [0.5, 0.6) is 5.75 Å². The van der Waals surface area contributed by atoms with Gasteiger partial charge in [0.1, 0.15) is 5.75 Å². The Balaban J connectivity index is 2.01. The first-order valence-corrected chi connectivity index (χ1v) is 8.76. The molecule has 2 aromatic carbocycles. The summed E-state index contributed by atoms with van der Waals surface area (Å²) in [6.07, 6.45) is 1.54. The molecule has 3 aromatic rings. The van der Waals surface area contributed by atoms with Crippen molar-refractivity contribution in [2.45, 2.75) is 0 Å². The lowest BCUT2D eigenvalue weighted by atomic mass is 10.2. The SMILES string of the molecule is Cn1/c(=N/N=C\c2cc(Br)cc(Br)c2O)sc2ccccc21. The molecular formula is C15H11Br2N3OS. The number of benzene rings is 2. The van der Waals surface area contributed by atoms with Crippen molar-refractivity contribution in [2.24, 2.45) is 17.3 Å². The molecule has 0 spiro atoms. The Kier molecular flexibility index (Phi) is 4.46. The summed E-state index contributed by atoms with van der Waals surface area (Å²) in [5, 5.41) is 18.3. The highest BCUT2D eigenvalue weighted by atomic mass is 79.9. The van der Waals surface area contributed by atoms with Crippen molar-refractivity contribution in [2.75, 3.05) is 0 Å². The molecule has 22 heavy (non-hydrogen) atoms. The maximum absolute atomic E-state index is 9.98. The van der Waals surface area contributed by atoms with E-state index in [2.05, 4.69) is 48.1 Å². The van der Waals surface area contributed by atoms with E-state index in [9.17, 15) is 5.11 Å². The van der Waals surface area contributed by atoms with Crippen LogP contribution in [0.25, 0.3) is 10.2 Å². The number of para-hydroxylation sites is 1. The van der Waals surface area contributed by atoms with Gasteiger partial charge in [-0.25, -0.2) is 0 Å². The van der Waals surface area contributed by atoms with Crippen LogP contribution in [-0.4, -0.2) is 15.9 Å². The van der Waals surface area contributed by atoms with E-state index in [0.717, 1.165) is 19.5 Å². The van der Waals surface area contributed by atoms with Crippen LogP contribution in [0.15, 0.2) is 55.5 Å². The van der Waals surface area contributed by atoms with Gasteiger partial charge in [-0.1, -0.05) is 39.4 Å². The molecule has 0 aliphatic carbocycles. The molecule has 7 heteroatoms. The minimum atomic E-state index is 0.142. The molecule has 4 nitrogen and oxygen atoms in total. The fourth-order valence-electron chi connectivity index (χ4n) is 2.00. The Morgan fingerprint density at radius 1 is 1.23 bits per heavy atom. The van der Waals surface area contributed by atoms with Gasteiger partial charge in [0, 0.05) is 17.1 Å². The van der Waals surface area contributed by atoms with Gasteiger partial charge >= 0.3 is 0 Å². The van der Waals surface area contributed by atoms with E-state index < -0.39 is 0 Å². The fraction of sp³-hybridized carbons (Fsp3) is 0.0667. The standard InChI is InChI=1S/C15H11Br2N3OS/c1-20-12-4-2-3-5-13(12)22-15(20)19-18-8-9-6-10(16)7-11(17)14(9)21/h2-8,21H,1H3/b18-8-,19-15-. The minimum Gasteiger partial charge on any atom is -0.506 e. The van der Waals surface area contributed by atoms with Crippen molar-refractivity contribution in [1.29, 1.82) is 0 Å². The van der Waals surface area contributed by atoms with Gasteiger partial charge in [-0.05, 0) is 40.2 Å². The summed E-state index contributed by atoms with van der Waals surface area (Å²) in [5.41, 5.74) is 1.71. The third-order valence-corrected chi connectivity index (χ3v) is 5.28. The summed E-state index contributed by atoms with van der Waals surface area (Å²) in [6, 6.07) is 11.7. The molecule has 0 unspecified atom stereocenters. The second-order valence-corrected chi connectivity index (χ2v) is 7.36. The maximum Gasteiger partial charge on any atom is 0.211 e. The normalized spacial score (nSPS) is 12.6. The van der Waals surface area contributed by atoms with Gasteiger partial charge in [-0.15, -0.1) is 5.10 Å². The van der Waals surface area contributed by atoms with Crippen molar-refractivity contribution in [3.05, 3.63) is 55.7 Å². The largest absolute Gasteiger partial charge is 0.506 e. The topological polar surface area (TPSA) is 49.9 Å². The summed E-state index contributed by atoms with van der Waals surface area (Å²) in [5.74, 6) is 0.142. The van der Waals surface area contributed by atoms with Crippen LogP contribution < -0.4 is 4.80 Å². The van der Waals surface area contributed by atoms with Crippen LogP contribution in [0.2, 0.25) is 0 Å². The van der Waals surface area contributed by atoms with E-state index in [4.69, 9.17) is 0 Å². The lowest BCUT2D eigenvalue weighted by molar-refractivity contribution is 0.471. The van der Waals surface area contributed by atoms with E-state index >= 15 is 0 Å². The quantitative estimate of drug-likeness (QED) is 0.465. The summed E-state index contributed by atoms with van der Waals surface area (Å²) >= 11 is 8.25. The number of phenolic OH excluding ortho intramolecular Hbond substituents is 1. The van der Waals surface area contributed by atoms with E-state index in [-0.39, 0.29) is 5.75 Å². The molecule has 112 valence electrons. The molecule has 0 saturated carbocycles. The molecule has 0 fully saturated rings. The van der Waals surface area contributed by atoms with Crippen LogP contribution in [0.3, 0.4) is 0 Å². The predicted molar refractivity (Wildman–Crippen MR) is 97.5 cm³/mol. The van der Waals surface area contributed by atoms with E-state index in [0.29, 0.717) is 10.0 Å². The number of hydrogen-bond acceptors (Lipinski definition) is 4. The number of rotatable bonds is 2. The van der Waals surface area contributed by atoms with Gasteiger partial charge in [0.15, 0.2) is 0 Å². The van der Waals surface area contributed by atoms with Gasteiger partial charge in [0.05, 0.1) is 20.9 Å². The van der Waals surface area contributed by atoms with Crippen molar-refractivity contribution < 1.29 is 5.11 Å². The highest BCUT2D eigenvalue weighted by Gasteiger charge is 2.05. The minimum absolute atomic E-state index is 0.142. The molecule has 0 amide bonds. The van der Waals surface area contributed by atoms with Gasteiger partial charge in [0.25, 0.3) is 0 Å². The Bertz CT molecular complexity index is 944. The van der Waals surface area contributed by atoms with Gasteiger partial charge in [-0.3, -0.25) is 0 Å². The first kappa shape index (κ1) is 15.5. The summed E-state index contributed by atoms with van der Waals surface area (Å²) in [6.45, 7) is 0. The number of phenols is 1. The molecule has 1 aromatic heterocycles. The molecule has 0 bridgehead atoms. The van der Waals surface area contributed by atoms with Crippen molar-refractivity contribution >= 4 is 59.6 Å². The number of aromatic hydroxyl groups is 1. The number of fused-ring (bicyclic) bond motifs is 1. The third kappa shape index (κ3) is 3.02. The zero-order valence-electron chi connectivity index (χ0n) is 11.5. The van der Waals surface area contributed by atoms with E-state index in [1.807, 2.05) is 29.8 Å². The molecular weight excluding hydrogens is 430 g/mol. The van der Waals surface area contributed by atoms with Crippen molar-refractivity contribution in [3.8, 4) is 5.75 Å². The van der Waals surface area contributed by atoms with Crippen LogP contribution in [0.4, 0.5) is 0 Å². The van der Waals surface area contributed by atoms with Crippen molar-refractivity contribution in [3.63, 3.8) is 0 Å². The second kappa shape index (κ2) is 6.36. The number of hydrogen-bond donors (Lipinski definition) is 1. The van der Waals surface area contributed by atoms with Gasteiger partial charge in [-0.2, -0.15) is 5.10 Å². The van der Waals surface area contributed by atoms with Crippen LogP contribution in [-0.2, 0) is 7.05 Å². The first-order valence-electron chi connectivity index (χ1n) is 6.36. The zero-order chi connectivity index (χ0) is 15.7. The number of aryl methyl sites for hydroxylation is 1.